The molecule has 3 aromatic carbocycles. The molecule has 0 aliphatic rings. The SMILES string of the molecule is Cc1ccc(S(=O)(=O)Oc2c(Br)cc(Br)cc2/C=C(\C#N)C(=O)Nc2ccccc2C)cc1. The van der Waals surface area contributed by atoms with Crippen molar-refractivity contribution in [3.8, 4) is 11.8 Å². The molecule has 0 aromatic heterocycles. The van der Waals surface area contributed by atoms with Gasteiger partial charge in [0, 0.05) is 15.7 Å². The molecule has 0 aliphatic heterocycles. The van der Waals surface area contributed by atoms with Crippen LogP contribution in [0.15, 0.2) is 80.1 Å². The van der Waals surface area contributed by atoms with Crippen LogP contribution in [0.3, 0.4) is 0 Å². The molecule has 33 heavy (non-hydrogen) atoms. The lowest BCUT2D eigenvalue weighted by Gasteiger charge is -2.13. The first-order valence-electron chi connectivity index (χ1n) is 9.59. The highest BCUT2D eigenvalue weighted by Gasteiger charge is 2.22. The minimum absolute atomic E-state index is 0.0179. The van der Waals surface area contributed by atoms with E-state index in [4.69, 9.17) is 4.18 Å². The Balaban J connectivity index is 2.01. The quantitative estimate of drug-likeness (QED) is 0.211. The van der Waals surface area contributed by atoms with Crippen LogP contribution in [0.1, 0.15) is 16.7 Å². The van der Waals surface area contributed by atoms with Gasteiger partial charge in [-0.05, 0) is 71.7 Å². The van der Waals surface area contributed by atoms with Crippen molar-refractivity contribution in [2.24, 2.45) is 0 Å². The van der Waals surface area contributed by atoms with Gasteiger partial charge in [0.05, 0.1) is 4.47 Å². The Labute approximate surface area is 209 Å². The smallest absolute Gasteiger partial charge is 0.339 e. The number of benzene rings is 3. The van der Waals surface area contributed by atoms with Crippen LogP contribution in [0.4, 0.5) is 5.69 Å². The molecule has 0 saturated carbocycles. The number of rotatable bonds is 6. The molecule has 1 amide bonds. The van der Waals surface area contributed by atoms with Crippen molar-refractivity contribution >= 4 is 59.6 Å². The van der Waals surface area contributed by atoms with E-state index >= 15 is 0 Å². The Morgan fingerprint density at radius 1 is 1.06 bits per heavy atom. The highest BCUT2D eigenvalue weighted by atomic mass is 79.9. The Morgan fingerprint density at radius 2 is 1.73 bits per heavy atom. The van der Waals surface area contributed by atoms with E-state index < -0.39 is 16.0 Å². The second-order valence-corrected chi connectivity index (χ2v) is 10.4. The van der Waals surface area contributed by atoms with Crippen LogP contribution in [0.5, 0.6) is 5.75 Å². The fraction of sp³-hybridized carbons (Fsp3) is 0.0833. The third-order valence-corrected chi connectivity index (χ3v) is 6.88. The first kappa shape index (κ1) is 24.7. The average Bonchev–Trinajstić information content (AvgIpc) is 2.76. The molecule has 0 fully saturated rings. The van der Waals surface area contributed by atoms with E-state index in [9.17, 15) is 18.5 Å². The first-order chi connectivity index (χ1) is 15.6. The molecular weight excluding hydrogens is 572 g/mol. The van der Waals surface area contributed by atoms with Crippen LogP contribution in [0.2, 0.25) is 0 Å². The molecule has 9 heteroatoms. The van der Waals surface area contributed by atoms with Crippen molar-refractivity contribution in [3.63, 3.8) is 0 Å². The largest absolute Gasteiger partial charge is 0.377 e. The maximum absolute atomic E-state index is 12.9. The number of nitriles is 1. The molecule has 1 N–H and O–H groups in total. The van der Waals surface area contributed by atoms with Gasteiger partial charge in [0.15, 0.2) is 5.75 Å². The number of nitrogens with zero attached hydrogens (tertiary/aromatic N) is 1. The highest BCUT2D eigenvalue weighted by molar-refractivity contribution is 9.11. The number of anilines is 1. The van der Waals surface area contributed by atoms with E-state index in [0.717, 1.165) is 11.1 Å². The number of halogens is 2. The van der Waals surface area contributed by atoms with Crippen LogP contribution in [0.25, 0.3) is 6.08 Å². The zero-order valence-corrected chi connectivity index (χ0v) is 21.6. The third kappa shape index (κ3) is 6.11. The van der Waals surface area contributed by atoms with Crippen molar-refractivity contribution in [1.82, 2.24) is 0 Å². The molecule has 0 heterocycles. The molecule has 0 spiro atoms. The zero-order valence-electron chi connectivity index (χ0n) is 17.6. The van der Waals surface area contributed by atoms with Gasteiger partial charge in [-0.2, -0.15) is 13.7 Å². The summed E-state index contributed by atoms with van der Waals surface area (Å²) in [6.07, 6.45) is 1.28. The van der Waals surface area contributed by atoms with Crippen molar-refractivity contribution in [2.45, 2.75) is 18.7 Å². The van der Waals surface area contributed by atoms with E-state index in [1.807, 2.05) is 32.0 Å². The first-order valence-corrected chi connectivity index (χ1v) is 12.6. The second kappa shape index (κ2) is 10.3. The van der Waals surface area contributed by atoms with Gasteiger partial charge in [-0.3, -0.25) is 4.79 Å². The Hall–Kier alpha value is -2.93. The van der Waals surface area contributed by atoms with E-state index in [2.05, 4.69) is 37.2 Å². The molecule has 0 bridgehead atoms. The molecule has 168 valence electrons. The minimum atomic E-state index is -4.16. The maximum Gasteiger partial charge on any atom is 0.339 e. The fourth-order valence-electron chi connectivity index (χ4n) is 2.85. The van der Waals surface area contributed by atoms with Crippen LogP contribution in [0, 0.1) is 25.2 Å². The van der Waals surface area contributed by atoms with Crippen LogP contribution in [-0.2, 0) is 14.9 Å². The second-order valence-electron chi connectivity index (χ2n) is 7.10. The van der Waals surface area contributed by atoms with Gasteiger partial charge >= 0.3 is 10.1 Å². The average molecular weight is 590 g/mol. The Bertz CT molecular complexity index is 1390. The summed E-state index contributed by atoms with van der Waals surface area (Å²) in [5, 5.41) is 12.3. The normalized spacial score (nSPS) is 11.5. The van der Waals surface area contributed by atoms with Crippen molar-refractivity contribution in [2.75, 3.05) is 5.32 Å². The highest BCUT2D eigenvalue weighted by Crippen LogP contribution is 2.36. The van der Waals surface area contributed by atoms with Crippen LogP contribution in [-0.4, -0.2) is 14.3 Å². The number of hydrogen-bond acceptors (Lipinski definition) is 5. The van der Waals surface area contributed by atoms with Gasteiger partial charge in [0.2, 0.25) is 0 Å². The lowest BCUT2D eigenvalue weighted by atomic mass is 10.1. The maximum atomic E-state index is 12.9. The number of carbonyl (C=O) groups excluding carboxylic acids is 1. The monoisotopic (exact) mass is 588 g/mol. The molecule has 0 aliphatic carbocycles. The van der Waals surface area contributed by atoms with E-state index in [1.54, 1.807) is 36.4 Å². The van der Waals surface area contributed by atoms with Gasteiger partial charge in [-0.15, -0.1) is 0 Å². The van der Waals surface area contributed by atoms with Gasteiger partial charge in [-0.1, -0.05) is 51.8 Å². The summed E-state index contributed by atoms with van der Waals surface area (Å²) in [7, 11) is -4.16. The van der Waals surface area contributed by atoms with Crippen LogP contribution < -0.4 is 9.50 Å². The Kier molecular flexibility index (Phi) is 7.74. The summed E-state index contributed by atoms with van der Waals surface area (Å²) < 4.78 is 32.1. The van der Waals surface area contributed by atoms with E-state index in [-0.39, 0.29) is 21.8 Å². The molecule has 0 radical (unpaired) electrons. The van der Waals surface area contributed by atoms with Gasteiger partial charge in [-0.25, -0.2) is 0 Å². The number of para-hydroxylation sites is 1. The van der Waals surface area contributed by atoms with Gasteiger partial charge in [0.25, 0.3) is 5.91 Å². The summed E-state index contributed by atoms with van der Waals surface area (Å²) in [6.45, 7) is 3.68. The number of amides is 1. The third-order valence-electron chi connectivity index (χ3n) is 4.60. The van der Waals surface area contributed by atoms with E-state index in [1.165, 1.54) is 18.2 Å². The van der Waals surface area contributed by atoms with Gasteiger partial charge < -0.3 is 9.50 Å². The lowest BCUT2D eigenvalue weighted by molar-refractivity contribution is -0.112. The number of hydrogen-bond donors (Lipinski definition) is 1. The van der Waals surface area contributed by atoms with Gasteiger partial charge in [0.1, 0.15) is 16.5 Å². The molecule has 0 atom stereocenters. The summed E-state index contributed by atoms with van der Waals surface area (Å²) in [6, 6.07) is 18.4. The zero-order chi connectivity index (χ0) is 24.2. The molecule has 6 nitrogen and oxygen atoms in total. The summed E-state index contributed by atoms with van der Waals surface area (Å²) >= 11 is 6.66. The Morgan fingerprint density at radius 3 is 2.36 bits per heavy atom. The lowest BCUT2D eigenvalue weighted by Crippen LogP contribution is -2.14. The van der Waals surface area contributed by atoms with Crippen molar-refractivity contribution in [3.05, 3.63) is 91.9 Å². The standard InChI is InChI=1S/C24H18Br2N2O4S/c1-15-7-9-20(10-8-15)33(30,31)32-23-17(12-19(25)13-21(23)26)11-18(14-27)24(29)28-22-6-4-3-5-16(22)2/h3-13H,1-2H3,(H,28,29)/b18-11+. The molecule has 3 aromatic rings. The molecule has 0 unspecified atom stereocenters. The molecular formula is C24H18Br2N2O4S. The summed E-state index contributed by atoms with van der Waals surface area (Å²) in [4.78, 5) is 12.7. The predicted molar refractivity (Wildman–Crippen MR) is 134 cm³/mol. The van der Waals surface area contributed by atoms with Crippen LogP contribution >= 0.6 is 31.9 Å². The van der Waals surface area contributed by atoms with Crippen molar-refractivity contribution < 1.29 is 17.4 Å². The molecule has 3 rings (SSSR count). The topological polar surface area (TPSA) is 96.3 Å². The summed E-state index contributed by atoms with van der Waals surface area (Å²) in [5.41, 5.74) is 2.31. The number of carbonyl (C=O) groups is 1. The number of aryl methyl sites for hydroxylation is 2. The number of nitrogens with one attached hydrogen (secondary N) is 1. The summed E-state index contributed by atoms with van der Waals surface area (Å²) in [5.74, 6) is -0.676. The van der Waals surface area contributed by atoms with E-state index in [0.29, 0.717) is 14.6 Å². The van der Waals surface area contributed by atoms with Crippen molar-refractivity contribution in [1.29, 1.82) is 5.26 Å². The predicted octanol–water partition coefficient (Wildman–Crippen LogP) is 6.14. The fourth-order valence-corrected chi connectivity index (χ4v) is 5.26. The minimum Gasteiger partial charge on any atom is -0.377 e. The molecule has 0 saturated heterocycles.